The van der Waals surface area contributed by atoms with Gasteiger partial charge in [0.1, 0.15) is 5.82 Å². The number of hydrogen-bond donors (Lipinski definition) is 1. The van der Waals surface area contributed by atoms with Crippen LogP contribution in [-0.4, -0.2) is 7.05 Å². The average molecular weight is 358 g/mol. The second-order valence-electron chi connectivity index (χ2n) is 4.24. The normalized spacial score (nSPS) is 13.5. The highest BCUT2D eigenvalue weighted by Gasteiger charge is 2.32. The lowest BCUT2D eigenvalue weighted by Gasteiger charge is -2.18. The molecule has 0 bridgehead atoms. The standard InChI is InChI=1S/C13H9Cl2F4NS/c1-20-11(8-5-10(14)21-12(8)15)7-4-6(13(17,18)19)2-3-9(7)16/h2-5,11,20H,1H3. The van der Waals surface area contributed by atoms with Gasteiger partial charge in [-0.05, 0) is 31.3 Å². The van der Waals surface area contributed by atoms with E-state index in [0.717, 1.165) is 23.5 Å². The van der Waals surface area contributed by atoms with E-state index in [-0.39, 0.29) is 5.56 Å². The number of thiophene rings is 1. The Labute approximate surface area is 132 Å². The van der Waals surface area contributed by atoms with Crippen molar-refractivity contribution >= 4 is 34.5 Å². The Morgan fingerprint density at radius 2 is 1.81 bits per heavy atom. The second-order valence-corrected chi connectivity index (χ2v) is 6.52. The molecule has 0 saturated carbocycles. The summed E-state index contributed by atoms with van der Waals surface area (Å²) in [5.41, 5.74) is -0.618. The summed E-state index contributed by atoms with van der Waals surface area (Å²) in [6.07, 6.45) is -4.54. The first-order chi connectivity index (χ1) is 9.74. The SMILES string of the molecule is CNC(c1cc(C(F)(F)F)ccc1F)c1cc(Cl)sc1Cl. The highest BCUT2D eigenvalue weighted by atomic mass is 35.5. The fourth-order valence-electron chi connectivity index (χ4n) is 1.97. The molecular formula is C13H9Cl2F4NS. The highest BCUT2D eigenvalue weighted by Crippen LogP contribution is 2.39. The van der Waals surface area contributed by atoms with Crippen LogP contribution >= 0.6 is 34.5 Å². The molecule has 8 heteroatoms. The Morgan fingerprint density at radius 3 is 2.29 bits per heavy atom. The second kappa shape index (κ2) is 6.12. The molecule has 1 aromatic carbocycles. The van der Waals surface area contributed by atoms with Gasteiger partial charge in [-0.15, -0.1) is 11.3 Å². The van der Waals surface area contributed by atoms with Crippen LogP contribution in [0, 0.1) is 5.82 Å². The number of nitrogens with one attached hydrogen (secondary N) is 1. The summed E-state index contributed by atoms with van der Waals surface area (Å²) < 4.78 is 52.9. The molecule has 2 rings (SSSR count). The summed E-state index contributed by atoms with van der Waals surface area (Å²) >= 11 is 12.9. The topological polar surface area (TPSA) is 12.0 Å². The summed E-state index contributed by atoms with van der Waals surface area (Å²) in [4.78, 5) is 0. The largest absolute Gasteiger partial charge is 0.416 e. The molecule has 0 aliphatic heterocycles. The zero-order valence-electron chi connectivity index (χ0n) is 10.6. The van der Waals surface area contributed by atoms with E-state index >= 15 is 0 Å². The summed E-state index contributed by atoms with van der Waals surface area (Å²) in [5.74, 6) is -0.749. The van der Waals surface area contributed by atoms with E-state index in [1.807, 2.05) is 0 Å². The lowest BCUT2D eigenvalue weighted by atomic mass is 9.98. The molecule has 0 saturated heterocycles. The predicted octanol–water partition coefficient (Wildman–Crippen LogP) is 5.52. The van der Waals surface area contributed by atoms with Crippen LogP contribution in [0.2, 0.25) is 8.67 Å². The highest BCUT2D eigenvalue weighted by molar-refractivity contribution is 7.20. The maximum atomic E-state index is 13.9. The Hall–Kier alpha value is -0.820. The first-order valence-electron chi connectivity index (χ1n) is 5.72. The number of halogens is 6. The van der Waals surface area contributed by atoms with Gasteiger partial charge < -0.3 is 5.32 Å². The first kappa shape index (κ1) is 16.5. The third-order valence-corrected chi connectivity index (χ3v) is 4.44. The zero-order chi connectivity index (χ0) is 15.8. The van der Waals surface area contributed by atoms with Crippen LogP contribution in [0.3, 0.4) is 0 Å². The molecule has 0 spiro atoms. The molecule has 1 heterocycles. The van der Waals surface area contributed by atoms with Crippen molar-refractivity contribution in [1.82, 2.24) is 5.32 Å². The molecule has 1 N–H and O–H groups in total. The third kappa shape index (κ3) is 3.51. The molecule has 1 atom stereocenters. The Kier molecular flexibility index (Phi) is 4.82. The smallest absolute Gasteiger partial charge is 0.309 e. The lowest BCUT2D eigenvalue weighted by Crippen LogP contribution is -2.20. The van der Waals surface area contributed by atoms with Crippen LogP contribution in [0.4, 0.5) is 17.6 Å². The van der Waals surface area contributed by atoms with Crippen molar-refractivity contribution in [1.29, 1.82) is 0 Å². The minimum atomic E-state index is -4.54. The van der Waals surface area contributed by atoms with Crippen molar-refractivity contribution in [2.75, 3.05) is 7.05 Å². The first-order valence-corrected chi connectivity index (χ1v) is 7.30. The molecule has 1 nitrogen and oxygen atoms in total. The fourth-order valence-corrected chi connectivity index (χ4v) is 3.50. The van der Waals surface area contributed by atoms with Gasteiger partial charge in [0, 0.05) is 11.1 Å². The van der Waals surface area contributed by atoms with Crippen LogP contribution in [0.15, 0.2) is 24.3 Å². The lowest BCUT2D eigenvalue weighted by molar-refractivity contribution is -0.137. The zero-order valence-corrected chi connectivity index (χ0v) is 12.9. The van der Waals surface area contributed by atoms with Crippen molar-refractivity contribution in [3.05, 3.63) is 55.4 Å². The van der Waals surface area contributed by atoms with Gasteiger partial charge in [-0.1, -0.05) is 23.2 Å². The number of hydrogen-bond acceptors (Lipinski definition) is 2. The molecule has 2 aromatic rings. The number of benzene rings is 1. The maximum absolute atomic E-state index is 13.9. The van der Waals surface area contributed by atoms with Crippen LogP contribution < -0.4 is 5.32 Å². The van der Waals surface area contributed by atoms with Crippen molar-refractivity contribution in [3.63, 3.8) is 0 Å². The van der Waals surface area contributed by atoms with Gasteiger partial charge in [-0.3, -0.25) is 0 Å². The van der Waals surface area contributed by atoms with Crippen LogP contribution in [-0.2, 0) is 6.18 Å². The van der Waals surface area contributed by atoms with Gasteiger partial charge in [0.15, 0.2) is 0 Å². The van der Waals surface area contributed by atoms with Gasteiger partial charge in [0.25, 0.3) is 0 Å². The molecule has 0 amide bonds. The molecule has 1 unspecified atom stereocenters. The van der Waals surface area contributed by atoms with E-state index in [0.29, 0.717) is 20.3 Å². The maximum Gasteiger partial charge on any atom is 0.416 e. The molecule has 114 valence electrons. The Morgan fingerprint density at radius 1 is 1.14 bits per heavy atom. The van der Waals surface area contributed by atoms with E-state index < -0.39 is 23.6 Å². The van der Waals surface area contributed by atoms with E-state index in [4.69, 9.17) is 23.2 Å². The van der Waals surface area contributed by atoms with E-state index in [9.17, 15) is 17.6 Å². The van der Waals surface area contributed by atoms with Crippen molar-refractivity contribution in [2.24, 2.45) is 0 Å². The Bertz CT molecular complexity index is 654. The van der Waals surface area contributed by atoms with Gasteiger partial charge in [-0.2, -0.15) is 13.2 Å². The summed E-state index contributed by atoms with van der Waals surface area (Å²) in [6.45, 7) is 0. The third-order valence-electron chi connectivity index (χ3n) is 2.92. The van der Waals surface area contributed by atoms with Crippen molar-refractivity contribution in [2.45, 2.75) is 12.2 Å². The molecule has 0 fully saturated rings. The molecular weight excluding hydrogens is 349 g/mol. The number of rotatable bonds is 3. The van der Waals surface area contributed by atoms with E-state index in [2.05, 4.69) is 5.32 Å². The molecule has 1 aromatic heterocycles. The van der Waals surface area contributed by atoms with Gasteiger partial charge in [0.05, 0.1) is 20.3 Å². The minimum absolute atomic E-state index is 0.135. The minimum Gasteiger partial charge on any atom is -0.309 e. The van der Waals surface area contributed by atoms with Crippen LogP contribution in [0.5, 0.6) is 0 Å². The monoisotopic (exact) mass is 357 g/mol. The van der Waals surface area contributed by atoms with Crippen molar-refractivity contribution < 1.29 is 17.6 Å². The predicted molar refractivity (Wildman–Crippen MR) is 76.6 cm³/mol. The van der Waals surface area contributed by atoms with Gasteiger partial charge in [0.2, 0.25) is 0 Å². The van der Waals surface area contributed by atoms with Crippen LogP contribution in [0.25, 0.3) is 0 Å². The quantitative estimate of drug-likeness (QED) is 0.713. The Balaban J connectivity index is 2.54. The van der Waals surface area contributed by atoms with Gasteiger partial charge in [-0.25, -0.2) is 4.39 Å². The molecule has 21 heavy (non-hydrogen) atoms. The van der Waals surface area contributed by atoms with Crippen molar-refractivity contribution in [3.8, 4) is 0 Å². The molecule has 0 aliphatic carbocycles. The average Bonchev–Trinajstić information content (AvgIpc) is 2.70. The van der Waals surface area contributed by atoms with Gasteiger partial charge >= 0.3 is 6.18 Å². The molecule has 0 radical (unpaired) electrons. The fraction of sp³-hybridized carbons (Fsp3) is 0.231. The van der Waals surface area contributed by atoms with E-state index in [1.165, 1.54) is 13.1 Å². The summed E-state index contributed by atoms with van der Waals surface area (Å²) in [6, 6.07) is 2.97. The van der Waals surface area contributed by atoms with E-state index in [1.54, 1.807) is 0 Å². The summed E-state index contributed by atoms with van der Waals surface area (Å²) in [5, 5.41) is 2.76. The summed E-state index contributed by atoms with van der Waals surface area (Å²) in [7, 11) is 1.51. The molecule has 0 aliphatic rings. The number of alkyl halides is 3. The van der Waals surface area contributed by atoms with Crippen LogP contribution in [0.1, 0.15) is 22.7 Å².